The number of nitrogens with one attached hydrogen (secondary N) is 1. The highest BCUT2D eigenvalue weighted by Crippen LogP contribution is 2.09. The Morgan fingerprint density at radius 2 is 1.74 bits per heavy atom. The van der Waals surface area contributed by atoms with E-state index in [0.29, 0.717) is 0 Å². The number of hydrogen-bond donors (Lipinski definition) is 1. The van der Waals surface area contributed by atoms with Crippen LogP contribution in [0.1, 0.15) is 27.7 Å². The zero-order valence-corrected chi connectivity index (χ0v) is 12.6. The number of rotatable bonds is 5. The monoisotopic (exact) mass is 276 g/mol. The first kappa shape index (κ1) is 17.7. The van der Waals surface area contributed by atoms with E-state index in [1.54, 1.807) is 27.7 Å². The van der Waals surface area contributed by atoms with Gasteiger partial charge in [0.25, 0.3) is 5.91 Å². The first-order chi connectivity index (χ1) is 8.62. The fourth-order valence-corrected chi connectivity index (χ4v) is 1.24. The summed E-state index contributed by atoms with van der Waals surface area (Å²) in [6.07, 6.45) is -1.20. The van der Waals surface area contributed by atoms with Gasteiger partial charge in [-0.2, -0.15) is 0 Å². The molecule has 0 aromatic rings. The van der Waals surface area contributed by atoms with E-state index in [-0.39, 0.29) is 0 Å². The number of nitrogens with zero attached hydrogens (tertiary/aromatic N) is 1. The highest BCUT2D eigenvalue weighted by molar-refractivity contribution is 5.85. The summed E-state index contributed by atoms with van der Waals surface area (Å²) in [6, 6.07) is -0.884. The highest BCUT2D eigenvalue weighted by atomic mass is 16.7. The molecule has 1 N–H and O–H groups in total. The molecule has 2 amide bonds. The minimum absolute atomic E-state index is 0.428. The molecule has 7 nitrogen and oxygen atoms in total. The Morgan fingerprint density at radius 3 is 2.11 bits per heavy atom. The summed E-state index contributed by atoms with van der Waals surface area (Å²) in [5.74, 6) is -0.428. The maximum absolute atomic E-state index is 12.0. The minimum Gasteiger partial charge on any atom is -0.444 e. The van der Waals surface area contributed by atoms with Crippen molar-refractivity contribution in [3.63, 3.8) is 0 Å². The quantitative estimate of drug-likeness (QED) is 0.756. The molecule has 2 atom stereocenters. The fourth-order valence-electron chi connectivity index (χ4n) is 1.24. The number of methoxy groups -OCH3 is 1. The van der Waals surface area contributed by atoms with Crippen LogP contribution in [0, 0.1) is 0 Å². The Bertz CT molecular complexity index is 314. The Kier molecular flexibility index (Phi) is 6.78. The molecule has 0 spiro atoms. The van der Waals surface area contributed by atoms with Gasteiger partial charge in [0.05, 0.1) is 13.2 Å². The predicted octanol–water partition coefficient (Wildman–Crippen LogP) is 0.934. The topological polar surface area (TPSA) is 77.1 Å². The molecule has 0 bridgehead atoms. The van der Waals surface area contributed by atoms with Crippen LogP contribution in [-0.4, -0.2) is 56.1 Å². The Labute approximate surface area is 114 Å². The van der Waals surface area contributed by atoms with Crippen LogP contribution in [0.5, 0.6) is 0 Å². The normalized spacial score (nSPS) is 14.5. The summed E-state index contributed by atoms with van der Waals surface area (Å²) in [5, 5.41) is 3.51. The third kappa shape index (κ3) is 6.40. The third-order valence-corrected chi connectivity index (χ3v) is 2.36. The van der Waals surface area contributed by atoms with Crippen LogP contribution in [0.4, 0.5) is 4.79 Å². The summed E-state index contributed by atoms with van der Waals surface area (Å²) in [6.45, 7) is 6.89. The molecule has 112 valence electrons. The van der Waals surface area contributed by atoms with E-state index in [4.69, 9.17) is 14.3 Å². The number of carbonyl (C=O) groups is 2. The van der Waals surface area contributed by atoms with Gasteiger partial charge in [0.1, 0.15) is 11.6 Å². The Hall–Kier alpha value is -1.34. The number of carbonyl (C=O) groups excluding carboxylic acids is 2. The standard InChI is InChI=1S/C12H24N2O5/c1-8(17-6)9(10(15)14(5)18-7)13-11(16)19-12(2,3)4/h8-9H,1-7H3,(H,13,16)/t8-,9+/m0/s1. The molecule has 0 saturated carbocycles. The smallest absolute Gasteiger partial charge is 0.408 e. The Morgan fingerprint density at radius 1 is 1.21 bits per heavy atom. The van der Waals surface area contributed by atoms with E-state index in [0.717, 1.165) is 5.06 Å². The van der Waals surface area contributed by atoms with E-state index < -0.39 is 29.7 Å². The molecule has 0 saturated heterocycles. The minimum atomic E-state index is -0.884. The number of alkyl carbamates (subject to hydrolysis) is 1. The SMILES string of the molecule is CO[C@@H](C)[C@@H](NC(=O)OC(C)(C)C)C(=O)N(C)OC. The molecule has 0 fully saturated rings. The molecule has 0 aromatic heterocycles. The van der Waals surface area contributed by atoms with Gasteiger partial charge in [-0.1, -0.05) is 0 Å². The molecular weight excluding hydrogens is 252 g/mol. The molecule has 0 unspecified atom stereocenters. The van der Waals surface area contributed by atoms with Gasteiger partial charge in [-0.25, -0.2) is 9.86 Å². The van der Waals surface area contributed by atoms with Gasteiger partial charge in [-0.15, -0.1) is 0 Å². The van der Waals surface area contributed by atoms with Crippen molar-refractivity contribution in [1.82, 2.24) is 10.4 Å². The van der Waals surface area contributed by atoms with Crippen molar-refractivity contribution in [2.24, 2.45) is 0 Å². The van der Waals surface area contributed by atoms with Crippen LogP contribution in [0.25, 0.3) is 0 Å². The van der Waals surface area contributed by atoms with E-state index in [2.05, 4.69) is 5.32 Å². The number of hydrogen-bond acceptors (Lipinski definition) is 5. The van der Waals surface area contributed by atoms with Gasteiger partial charge >= 0.3 is 6.09 Å². The average Bonchev–Trinajstić information content (AvgIpc) is 2.30. The van der Waals surface area contributed by atoms with E-state index >= 15 is 0 Å². The van der Waals surface area contributed by atoms with Gasteiger partial charge < -0.3 is 14.8 Å². The van der Waals surface area contributed by atoms with Crippen molar-refractivity contribution in [3.05, 3.63) is 0 Å². The third-order valence-electron chi connectivity index (χ3n) is 2.36. The lowest BCUT2D eigenvalue weighted by atomic mass is 10.1. The molecule has 19 heavy (non-hydrogen) atoms. The molecule has 0 aliphatic heterocycles. The zero-order chi connectivity index (χ0) is 15.2. The van der Waals surface area contributed by atoms with Crippen molar-refractivity contribution in [2.45, 2.75) is 45.4 Å². The zero-order valence-electron chi connectivity index (χ0n) is 12.6. The first-order valence-corrected chi connectivity index (χ1v) is 5.96. The van der Waals surface area contributed by atoms with Crippen LogP contribution in [-0.2, 0) is 19.1 Å². The van der Waals surface area contributed by atoms with Crippen LogP contribution in [0.3, 0.4) is 0 Å². The molecular formula is C12H24N2O5. The summed E-state index contributed by atoms with van der Waals surface area (Å²) in [7, 11) is 4.27. The van der Waals surface area contributed by atoms with E-state index in [9.17, 15) is 9.59 Å². The lowest BCUT2D eigenvalue weighted by molar-refractivity contribution is -0.174. The van der Waals surface area contributed by atoms with E-state index in [1.165, 1.54) is 21.3 Å². The fraction of sp³-hybridized carbons (Fsp3) is 0.833. The second-order valence-corrected chi connectivity index (χ2v) is 5.08. The highest BCUT2D eigenvalue weighted by Gasteiger charge is 2.31. The molecule has 7 heteroatoms. The van der Waals surface area contributed by atoms with Crippen LogP contribution in [0.2, 0.25) is 0 Å². The number of ether oxygens (including phenoxy) is 2. The van der Waals surface area contributed by atoms with Gasteiger partial charge in [0, 0.05) is 14.2 Å². The summed E-state index contributed by atoms with van der Waals surface area (Å²) >= 11 is 0. The largest absolute Gasteiger partial charge is 0.444 e. The molecule has 0 radical (unpaired) electrons. The predicted molar refractivity (Wildman–Crippen MR) is 69.4 cm³/mol. The van der Waals surface area contributed by atoms with Crippen LogP contribution >= 0.6 is 0 Å². The molecule has 0 aliphatic rings. The average molecular weight is 276 g/mol. The van der Waals surface area contributed by atoms with Gasteiger partial charge in [0.15, 0.2) is 0 Å². The van der Waals surface area contributed by atoms with Crippen molar-refractivity contribution in [1.29, 1.82) is 0 Å². The molecule has 0 aromatic carbocycles. The molecule has 0 rings (SSSR count). The van der Waals surface area contributed by atoms with Crippen LogP contribution in [0.15, 0.2) is 0 Å². The van der Waals surface area contributed by atoms with Crippen molar-refractivity contribution in [2.75, 3.05) is 21.3 Å². The summed E-state index contributed by atoms with van der Waals surface area (Å²) in [4.78, 5) is 28.5. The summed E-state index contributed by atoms with van der Waals surface area (Å²) < 4.78 is 10.2. The maximum Gasteiger partial charge on any atom is 0.408 e. The lowest BCUT2D eigenvalue weighted by Crippen LogP contribution is -2.53. The molecule has 0 heterocycles. The van der Waals surface area contributed by atoms with Gasteiger partial charge in [-0.05, 0) is 27.7 Å². The van der Waals surface area contributed by atoms with Crippen molar-refractivity contribution < 1.29 is 23.9 Å². The second-order valence-electron chi connectivity index (χ2n) is 5.08. The Balaban J connectivity index is 4.79. The molecule has 0 aliphatic carbocycles. The second kappa shape index (κ2) is 7.30. The van der Waals surface area contributed by atoms with Crippen molar-refractivity contribution >= 4 is 12.0 Å². The van der Waals surface area contributed by atoms with E-state index in [1.807, 2.05) is 0 Å². The number of hydroxylamine groups is 2. The maximum atomic E-state index is 12.0. The van der Waals surface area contributed by atoms with Gasteiger partial charge in [-0.3, -0.25) is 9.63 Å². The lowest BCUT2D eigenvalue weighted by Gasteiger charge is -2.28. The van der Waals surface area contributed by atoms with Crippen molar-refractivity contribution in [3.8, 4) is 0 Å². The summed E-state index contributed by atoms with van der Waals surface area (Å²) in [5.41, 5.74) is -0.638. The number of likely N-dealkylation sites (N-methyl/N-ethyl adjacent to an activating group) is 1. The first-order valence-electron chi connectivity index (χ1n) is 5.96. The van der Waals surface area contributed by atoms with Crippen LogP contribution < -0.4 is 5.32 Å². The van der Waals surface area contributed by atoms with Gasteiger partial charge in [0.2, 0.25) is 0 Å². The number of amides is 2.